The molecule has 162 valence electrons. The van der Waals surface area contributed by atoms with Crippen LogP contribution in [0.3, 0.4) is 0 Å². The molecule has 6 heteroatoms. The van der Waals surface area contributed by atoms with Crippen molar-refractivity contribution in [3.05, 3.63) is 59.7 Å². The average molecular weight is 429 g/mol. The summed E-state index contributed by atoms with van der Waals surface area (Å²) < 4.78 is 28.9. The number of quaternary nitrogens is 1. The van der Waals surface area contributed by atoms with E-state index in [9.17, 15) is 8.42 Å². The predicted octanol–water partition coefficient (Wildman–Crippen LogP) is 2.30. The summed E-state index contributed by atoms with van der Waals surface area (Å²) in [7, 11) is -3.47. The number of aryl methyl sites for hydroxylation is 1. The Hall–Kier alpha value is -1.89. The van der Waals surface area contributed by atoms with Gasteiger partial charge in [0.15, 0.2) is 0 Å². The van der Waals surface area contributed by atoms with Crippen LogP contribution in [0.5, 0.6) is 0 Å². The van der Waals surface area contributed by atoms with Crippen molar-refractivity contribution in [1.29, 1.82) is 0 Å². The van der Waals surface area contributed by atoms with E-state index in [4.69, 9.17) is 0 Å². The van der Waals surface area contributed by atoms with Crippen LogP contribution < -0.4 is 14.5 Å². The molecule has 2 N–H and O–H groups in total. The van der Waals surface area contributed by atoms with Crippen molar-refractivity contribution < 1.29 is 13.3 Å². The number of rotatable bonds is 5. The van der Waals surface area contributed by atoms with E-state index in [0.717, 1.165) is 45.4 Å². The van der Waals surface area contributed by atoms with Gasteiger partial charge in [-0.2, -0.15) is 0 Å². The Morgan fingerprint density at radius 2 is 1.63 bits per heavy atom. The SMILES string of the molecule is Cc1cccc(N2CC[NH+]([C@@H]3CCCC[C@H]3NS(=O)(=O)c3ccccc3)CC2)c1C. The second-order valence-corrected chi connectivity index (χ2v) is 10.5. The second-order valence-electron chi connectivity index (χ2n) is 8.80. The third-order valence-electron chi connectivity index (χ3n) is 6.97. The van der Waals surface area contributed by atoms with E-state index >= 15 is 0 Å². The van der Waals surface area contributed by atoms with Crippen LogP contribution in [-0.2, 0) is 10.0 Å². The van der Waals surface area contributed by atoms with E-state index in [0.29, 0.717) is 10.9 Å². The van der Waals surface area contributed by atoms with Gasteiger partial charge in [0.2, 0.25) is 10.0 Å². The lowest BCUT2D eigenvalue weighted by atomic mass is 9.89. The Morgan fingerprint density at radius 3 is 2.37 bits per heavy atom. The zero-order chi connectivity index (χ0) is 21.1. The Bertz CT molecular complexity index is 954. The van der Waals surface area contributed by atoms with Gasteiger partial charge < -0.3 is 9.80 Å². The number of anilines is 1. The van der Waals surface area contributed by atoms with Crippen LogP contribution in [0.4, 0.5) is 5.69 Å². The third kappa shape index (κ3) is 4.56. The van der Waals surface area contributed by atoms with E-state index in [1.165, 1.54) is 23.2 Å². The van der Waals surface area contributed by atoms with E-state index in [1.54, 1.807) is 29.2 Å². The smallest absolute Gasteiger partial charge is 0.241 e. The summed E-state index contributed by atoms with van der Waals surface area (Å²) in [5.74, 6) is 0. The summed E-state index contributed by atoms with van der Waals surface area (Å²) in [5.41, 5.74) is 4.05. The molecule has 5 nitrogen and oxygen atoms in total. The highest BCUT2D eigenvalue weighted by atomic mass is 32.2. The number of benzene rings is 2. The average Bonchev–Trinajstić information content (AvgIpc) is 2.77. The van der Waals surface area contributed by atoms with Crippen molar-refractivity contribution >= 4 is 15.7 Å². The van der Waals surface area contributed by atoms with Gasteiger partial charge >= 0.3 is 0 Å². The van der Waals surface area contributed by atoms with E-state index in [1.807, 2.05) is 6.07 Å². The van der Waals surface area contributed by atoms with Crippen LogP contribution in [0.2, 0.25) is 0 Å². The van der Waals surface area contributed by atoms with Gasteiger partial charge in [-0.25, -0.2) is 13.1 Å². The highest BCUT2D eigenvalue weighted by Crippen LogP contribution is 2.23. The number of nitrogens with zero attached hydrogens (tertiary/aromatic N) is 1. The van der Waals surface area contributed by atoms with Crippen LogP contribution in [0.15, 0.2) is 53.4 Å². The molecule has 1 heterocycles. The van der Waals surface area contributed by atoms with Gasteiger partial charge in [-0.05, 0) is 56.0 Å². The maximum Gasteiger partial charge on any atom is 0.241 e. The highest BCUT2D eigenvalue weighted by molar-refractivity contribution is 7.89. The first-order valence-electron chi connectivity index (χ1n) is 11.2. The molecule has 2 atom stereocenters. The number of hydrogen-bond donors (Lipinski definition) is 2. The quantitative estimate of drug-likeness (QED) is 0.768. The monoisotopic (exact) mass is 428 g/mol. The minimum absolute atomic E-state index is 0.0196. The molecular weight excluding hydrogens is 394 g/mol. The number of piperazine rings is 1. The number of hydrogen-bond acceptors (Lipinski definition) is 3. The first-order chi connectivity index (χ1) is 14.5. The molecule has 1 aliphatic heterocycles. The maximum absolute atomic E-state index is 12.9. The lowest BCUT2D eigenvalue weighted by Gasteiger charge is -2.42. The standard InChI is InChI=1S/C24H33N3O2S/c1-19-9-8-14-23(20(19)2)26-15-17-27(18-16-26)24-13-7-6-12-22(24)25-30(28,29)21-10-4-3-5-11-21/h3-5,8-11,14,22,24-25H,6-7,12-13,15-18H2,1-2H3/p+1/t22-,24-/m1/s1. The Kier molecular flexibility index (Phi) is 6.46. The zero-order valence-corrected chi connectivity index (χ0v) is 18.9. The minimum atomic E-state index is -3.47. The van der Waals surface area contributed by atoms with Crippen LogP contribution in [0.1, 0.15) is 36.8 Å². The fraction of sp³-hybridized carbons (Fsp3) is 0.500. The molecule has 0 aromatic heterocycles. The lowest BCUT2D eigenvalue weighted by molar-refractivity contribution is -0.928. The van der Waals surface area contributed by atoms with Gasteiger partial charge in [-0.1, -0.05) is 36.8 Å². The van der Waals surface area contributed by atoms with Crippen LogP contribution >= 0.6 is 0 Å². The lowest BCUT2D eigenvalue weighted by Crippen LogP contribution is -3.20. The molecule has 30 heavy (non-hydrogen) atoms. The molecule has 4 rings (SSSR count). The van der Waals surface area contributed by atoms with Crippen molar-refractivity contribution in [3.63, 3.8) is 0 Å². The largest absolute Gasteiger partial charge is 0.360 e. The number of nitrogens with one attached hydrogen (secondary N) is 2. The Morgan fingerprint density at radius 1 is 0.933 bits per heavy atom. The van der Waals surface area contributed by atoms with E-state index in [-0.39, 0.29) is 6.04 Å². The molecule has 0 spiro atoms. The number of sulfonamides is 1. The molecule has 1 saturated carbocycles. The third-order valence-corrected chi connectivity index (χ3v) is 8.48. The summed E-state index contributed by atoms with van der Waals surface area (Å²) in [5, 5.41) is 0. The molecule has 2 aromatic carbocycles. The molecule has 2 fully saturated rings. The Labute approximate surface area is 181 Å². The minimum Gasteiger partial charge on any atom is -0.360 e. The molecule has 1 saturated heterocycles. The molecule has 0 bridgehead atoms. The van der Waals surface area contributed by atoms with Crippen molar-refractivity contribution in [1.82, 2.24) is 4.72 Å². The molecule has 1 aliphatic carbocycles. The predicted molar refractivity (Wildman–Crippen MR) is 122 cm³/mol. The van der Waals surface area contributed by atoms with Crippen LogP contribution in [-0.4, -0.2) is 46.7 Å². The van der Waals surface area contributed by atoms with Crippen molar-refractivity contribution in [2.24, 2.45) is 0 Å². The van der Waals surface area contributed by atoms with Crippen molar-refractivity contribution in [2.75, 3.05) is 31.1 Å². The fourth-order valence-corrected chi connectivity index (χ4v) is 6.44. The second kappa shape index (κ2) is 9.08. The summed E-state index contributed by atoms with van der Waals surface area (Å²) in [6.07, 6.45) is 4.32. The molecule has 2 aromatic rings. The molecule has 2 aliphatic rings. The summed E-state index contributed by atoms with van der Waals surface area (Å²) in [6, 6.07) is 15.7. The van der Waals surface area contributed by atoms with Gasteiger partial charge in [0.1, 0.15) is 6.04 Å². The van der Waals surface area contributed by atoms with Crippen LogP contribution in [0.25, 0.3) is 0 Å². The summed E-state index contributed by atoms with van der Waals surface area (Å²) in [4.78, 5) is 4.42. The summed E-state index contributed by atoms with van der Waals surface area (Å²) in [6.45, 7) is 8.54. The van der Waals surface area contributed by atoms with Gasteiger partial charge in [-0.15, -0.1) is 0 Å². The normalized spacial score (nSPS) is 23.5. The first-order valence-corrected chi connectivity index (χ1v) is 12.7. The maximum atomic E-state index is 12.9. The fourth-order valence-electron chi connectivity index (χ4n) is 5.11. The molecule has 0 unspecified atom stereocenters. The van der Waals surface area contributed by atoms with Gasteiger partial charge in [-0.3, -0.25) is 0 Å². The first kappa shape index (κ1) is 21.3. The van der Waals surface area contributed by atoms with Crippen molar-refractivity contribution in [2.45, 2.75) is 56.5 Å². The summed E-state index contributed by atoms with van der Waals surface area (Å²) >= 11 is 0. The van der Waals surface area contributed by atoms with E-state index in [2.05, 4.69) is 41.7 Å². The van der Waals surface area contributed by atoms with Crippen molar-refractivity contribution in [3.8, 4) is 0 Å². The topological polar surface area (TPSA) is 53.9 Å². The zero-order valence-electron chi connectivity index (χ0n) is 18.1. The van der Waals surface area contributed by atoms with Gasteiger partial charge in [0.05, 0.1) is 37.1 Å². The van der Waals surface area contributed by atoms with Gasteiger partial charge in [0, 0.05) is 12.1 Å². The Balaban J connectivity index is 1.43. The molecule has 0 radical (unpaired) electrons. The van der Waals surface area contributed by atoms with Crippen LogP contribution in [0, 0.1) is 13.8 Å². The molecular formula is C24H34N3O2S+. The molecule has 0 amide bonds. The van der Waals surface area contributed by atoms with E-state index < -0.39 is 10.0 Å². The highest BCUT2D eigenvalue weighted by Gasteiger charge is 2.37. The van der Waals surface area contributed by atoms with Gasteiger partial charge in [0.25, 0.3) is 0 Å².